The molecule has 0 radical (unpaired) electrons. The van der Waals surface area contributed by atoms with E-state index in [0.717, 1.165) is 12.0 Å². The summed E-state index contributed by atoms with van der Waals surface area (Å²) >= 11 is 0. The molecule has 1 heterocycles. The van der Waals surface area contributed by atoms with Crippen LogP contribution >= 0.6 is 0 Å². The van der Waals surface area contributed by atoms with Crippen LogP contribution in [-0.4, -0.2) is 30.6 Å². The topological polar surface area (TPSA) is 15.3 Å². The Bertz CT molecular complexity index is 374. The molecule has 1 fully saturated rings. The first-order chi connectivity index (χ1) is 9.15. The van der Waals surface area contributed by atoms with E-state index in [9.17, 15) is 0 Å². The molecule has 3 unspecified atom stereocenters. The Morgan fingerprint density at radius 1 is 1.16 bits per heavy atom. The maximum atomic E-state index is 3.51. The fraction of sp³-hybridized carbons (Fsp3) is 0.647. The van der Waals surface area contributed by atoms with Gasteiger partial charge in [0.15, 0.2) is 0 Å². The van der Waals surface area contributed by atoms with Gasteiger partial charge in [-0.2, -0.15) is 0 Å². The van der Waals surface area contributed by atoms with E-state index in [4.69, 9.17) is 0 Å². The summed E-state index contributed by atoms with van der Waals surface area (Å²) in [5.74, 6) is 0.748. The van der Waals surface area contributed by atoms with Crippen molar-refractivity contribution in [2.24, 2.45) is 5.92 Å². The van der Waals surface area contributed by atoms with Crippen LogP contribution in [0, 0.1) is 5.92 Å². The maximum Gasteiger partial charge on any atom is 0.0473 e. The zero-order valence-corrected chi connectivity index (χ0v) is 12.8. The molecule has 106 valence electrons. The Hall–Kier alpha value is -0.860. The van der Waals surface area contributed by atoms with Gasteiger partial charge in [0, 0.05) is 18.1 Å². The van der Waals surface area contributed by atoms with Crippen LogP contribution in [0.5, 0.6) is 0 Å². The molecule has 0 aliphatic carbocycles. The Kier molecular flexibility index (Phi) is 5.00. The standard InChI is InChI=1S/C17H28N2/c1-13(2)16-11-8-12-19(16)14(3)17(18-4)15-9-6-5-7-10-15/h5-7,9-10,13-14,16-18H,8,11-12H2,1-4H3. The first kappa shape index (κ1) is 14.5. The molecule has 0 spiro atoms. The monoisotopic (exact) mass is 260 g/mol. The summed E-state index contributed by atoms with van der Waals surface area (Å²) in [6.45, 7) is 8.32. The van der Waals surface area contributed by atoms with Gasteiger partial charge in [0.05, 0.1) is 0 Å². The highest BCUT2D eigenvalue weighted by Crippen LogP contribution is 2.30. The summed E-state index contributed by atoms with van der Waals surface area (Å²) in [6, 6.07) is 12.5. The van der Waals surface area contributed by atoms with E-state index in [1.165, 1.54) is 24.9 Å². The first-order valence-corrected chi connectivity index (χ1v) is 7.63. The highest BCUT2D eigenvalue weighted by Gasteiger charge is 2.33. The maximum absolute atomic E-state index is 3.51. The highest BCUT2D eigenvalue weighted by atomic mass is 15.2. The number of hydrogen-bond donors (Lipinski definition) is 1. The molecule has 1 aromatic rings. The largest absolute Gasteiger partial charge is 0.312 e. The van der Waals surface area contributed by atoms with Gasteiger partial charge in [0.25, 0.3) is 0 Å². The molecule has 1 aliphatic heterocycles. The van der Waals surface area contributed by atoms with E-state index in [1.54, 1.807) is 0 Å². The first-order valence-electron chi connectivity index (χ1n) is 7.63. The lowest BCUT2D eigenvalue weighted by Gasteiger charge is -2.37. The second kappa shape index (κ2) is 6.53. The molecule has 1 aromatic carbocycles. The molecule has 1 N–H and O–H groups in total. The van der Waals surface area contributed by atoms with Crippen LogP contribution in [0.2, 0.25) is 0 Å². The molecule has 0 amide bonds. The predicted octanol–water partition coefficient (Wildman–Crippen LogP) is 3.46. The van der Waals surface area contributed by atoms with Crippen LogP contribution in [0.4, 0.5) is 0 Å². The van der Waals surface area contributed by atoms with E-state index in [1.807, 2.05) is 0 Å². The van der Waals surface area contributed by atoms with E-state index >= 15 is 0 Å². The number of benzene rings is 1. The second-order valence-corrected chi connectivity index (χ2v) is 6.11. The molecule has 2 nitrogen and oxygen atoms in total. The highest BCUT2D eigenvalue weighted by molar-refractivity contribution is 5.20. The van der Waals surface area contributed by atoms with Gasteiger partial charge in [-0.1, -0.05) is 44.2 Å². The van der Waals surface area contributed by atoms with E-state index in [2.05, 4.69) is 68.4 Å². The van der Waals surface area contributed by atoms with Crippen molar-refractivity contribution in [2.75, 3.05) is 13.6 Å². The molecule has 1 saturated heterocycles. The lowest BCUT2D eigenvalue weighted by molar-refractivity contribution is 0.129. The van der Waals surface area contributed by atoms with Gasteiger partial charge in [-0.25, -0.2) is 0 Å². The van der Waals surface area contributed by atoms with Gasteiger partial charge < -0.3 is 5.32 Å². The van der Waals surface area contributed by atoms with Crippen molar-refractivity contribution in [1.29, 1.82) is 0 Å². The number of nitrogens with one attached hydrogen (secondary N) is 1. The van der Waals surface area contributed by atoms with Crippen LogP contribution in [0.1, 0.15) is 45.2 Å². The third-order valence-corrected chi connectivity index (χ3v) is 4.59. The smallest absolute Gasteiger partial charge is 0.0473 e. The number of rotatable bonds is 5. The average molecular weight is 260 g/mol. The summed E-state index contributed by atoms with van der Waals surface area (Å²) < 4.78 is 0. The van der Waals surface area contributed by atoms with Crippen LogP contribution < -0.4 is 5.32 Å². The zero-order chi connectivity index (χ0) is 13.8. The van der Waals surface area contributed by atoms with E-state index in [-0.39, 0.29) is 0 Å². The Morgan fingerprint density at radius 2 is 1.84 bits per heavy atom. The van der Waals surface area contributed by atoms with Crippen molar-refractivity contribution in [3.63, 3.8) is 0 Å². The molecule has 0 saturated carbocycles. The molecule has 3 atom stereocenters. The fourth-order valence-corrected chi connectivity index (χ4v) is 3.57. The summed E-state index contributed by atoms with van der Waals surface area (Å²) in [6.07, 6.45) is 2.70. The SMILES string of the molecule is CNC(c1ccccc1)C(C)N1CCCC1C(C)C. The van der Waals surface area contributed by atoms with Gasteiger partial charge in [0.2, 0.25) is 0 Å². The van der Waals surface area contributed by atoms with Crippen LogP contribution in [0.3, 0.4) is 0 Å². The van der Waals surface area contributed by atoms with Crippen molar-refractivity contribution in [1.82, 2.24) is 10.2 Å². The molecular weight excluding hydrogens is 232 g/mol. The fourth-order valence-electron chi connectivity index (χ4n) is 3.57. The number of likely N-dealkylation sites (tertiary alicyclic amines) is 1. The third kappa shape index (κ3) is 3.18. The van der Waals surface area contributed by atoms with Crippen LogP contribution in [0.25, 0.3) is 0 Å². The van der Waals surface area contributed by atoms with Gasteiger partial charge in [0.1, 0.15) is 0 Å². The summed E-state index contributed by atoms with van der Waals surface area (Å²) in [5.41, 5.74) is 1.40. The van der Waals surface area contributed by atoms with Gasteiger partial charge in [-0.15, -0.1) is 0 Å². The number of likely N-dealkylation sites (N-methyl/N-ethyl adjacent to an activating group) is 1. The van der Waals surface area contributed by atoms with E-state index < -0.39 is 0 Å². The Morgan fingerprint density at radius 3 is 2.42 bits per heavy atom. The molecule has 0 bridgehead atoms. The minimum Gasteiger partial charge on any atom is -0.312 e. The lowest BCUT2D eigenvalue weighted by atomic mass is 9.96. The lowest BCUT2D eigenvalue weighted by Crippen LogP contribution is -2.46. The van der Waals surface area contributed by atoms with Crippen molar-refractivity contribution < 1.29 is 0 Å². The normalized spacial score (nSPS) is 23.7. The molecule has 0 aromatic heterocycles. The zero-order valence-electron chi connectivity index (χ0n) is 12.8. The average Bonchev–Trinajstić information content (AvgIpc) is 2.90. The van der Waals surface area contributed by atoms with E-state index in [0.29, 0.717) is 12.1 Å². The third-order valence-electron chi connectivity index (χ3n) is 4.59. The summed E-state index contributed by atoms with van der Waals surface area (Å²) in [4.78, 5) is 2.71. The Balaban J connectivity index is 2.14. The van der Waals surface area contributed by atoms with Gasteiger partial charge in [-0.05, 0) is 44.8 Å². The van der Waals surface area contributed by atoms with Crippen LogP contribution in [-0.2, 0) is 0 Å². The number of hydrogen-bond acceptors (Lipinski definition) is 2. The van der Waals surface area contributed by atoms with Gasteiger partial charge >= 0.3 is 0 Å². The number of nitrogens with zero attached hydrogens (tertiary/aromatic N) is 1. The van der Waals surface area contributed by atoms with Crippen molar-refractivity contribution >= 4 is 0 Å². The minimum atomic E-state index is 0.417. The summed E-state index contributed by atoms with van der Waals surface area (Å²) in [7, 11) is 2.08. The van der Waals surface area contributed by atoms with Crippen molar-refractivity contribution in [3.8, 4) is 0 Å². The quantitative estimate of drug-likeness (QED) is 0.872. The van der Waals surface area contributed by atoms with Crippen molar-refractivity contribution in [2.45, 2.75) is 51.7 Å². The second-order valence-electron chi connectivity index (χ2n) is 6.11. The molecule has 2 rings (SSSR count). The molecule has 1 aliphatic rings. The van der Waals surface area contributed by atoms with Crippen molar-refractivity contribution in [3.05, 3.63) is 35.9 Å². The Labute approximate surface area is 118 Å². The minimum absolute atomic E-state index is 0.417. The van der Waals surface area contributed by atoms with Crippen LogP contribution in [0.15, 0.2) is 30.3 Å². The molecular formula is C17H28N2. The summed E-state index contributed by atoms with van der Waals surface area (Å²) in [5, 5.41) is 3.51. The predicted molar refractivity (Wildman–Crippen MR) is 82.3 cm³/mol. The molecule has 2 heteroatoms. The molecule has 19 heavy (non-hydrogen) atoms. The van der Waals surface area contributed by atoms with Gasteiger partial charge in [-0.3, -0.25) is 4.90 Å².